The van der Waals surface area contributed by atoms with Crippen molar-refractivity contribution >= 4 is 33.3 Å². The summed E-state index contributed by atoms with van der Waals surface area (Å²) in [6.07, 6.45) is 4.60. The van der Waals surface area contributed by atoms with E-state index in [0.717, 1.165) is 28.2 Å². The van der Waals surface area contributed by atoms with Gasteiger partial charge in [0.1, 0.15) is 4.83 Å². The largest absolute Gasteiger partial charge is 0.290 e. The highest BCUT2D eigenvalue weighted by molar-refractivity contribution is 7.99. The summed E-state index contributed by atoms with van der Waals surface area (Å²) in [4.78, 5) is 19.6. The number of hydrogen-bond acceptors (Lipinski definition) is 4. The van der Waals surface area contributed by atoms with E-state index >= 15 is 0 Å². The van der Waals surface area contributed by atoms with Crippen LogP contribution in [0.5, 0.6) is 0 Å². The lowest BCUT2D eigenvalue weighted by Crippen LogP contribution is -2.21. The van der Waals surface area contributed by atoms with Gasteiger partial charge in [-0.3, -0.25) is 9.36 Å². The maximum atomic E-state index is 12.6. The standard InChI is InChI=1S/C14H18N2OS2/c1-8(2)18-14-15-12-11(13(17)16(14)3)9-6-4-5-7-10(9)19-12/h8H,4-7H2,1-3H3. The molecule has 3 nitrogen and oxygen atoms in total. The molecule has 0 amide bonds. The Balaban J connectivity index is 2.25. The van der Waals surface area contributed by atoms with Crippen molar-refractivity contribution in [1.82, 2.24) is 9.55 Å². The van der Waals surface area contributed by atoms with Gasteiger partial charge < -0.3 is 0 Å². The molecule has 0 saturated heterocycles. The lowest BCUT2D eigenvalue weighted by atomic mass is 9.97. The van der Waals surface area contributed by atoms with E-state index in [1.54, 1.807) is 27.7 Å². The summed E-state index contributed by atoms with van der Waals surface area (Å²) in [5.41, 5.74) is 1.41. The van der Waals surface area contributed by atoms with Crippen LogP contribution in [0.4, 0.5) is 0 Å². The van der Waals surface area contributed by atoms with Crippen molar-refractivity contribution in [3.05, 3.63) is 20.8 Å². The summed E-state index contributed by atoms with van der Waals surface area (Å²) < 4.78 is 1.72. The zero-order chi connectivity index (χ0) is 13.6. The number of hydrogen-bond donors (Lipinski definition) is 0. The van der Waals surface area contributed by atoms with Crippen LogP contribution in [-0.4, -0.2) is 14.8 Å². The normalized spacial score (nSPS) is 15.2. The van der Waals surface area contributed by atoms with E-state index in [1.807, 2.05) is 7.05 Å². The molecule has 2 aromatic heterocycles. The summed E-state index contributed by atoms with van der Waals surface area (Å²) in [6.45, 7) is 4.25. The van der Waals surface area contributed by atoms with Gasteiger partial charge in [-0.1, -0.05) is 25.6 Å². The number of thioether (sulfide) groups is 1. The molecule has 0 bridgehead atoms. The van der Waals surface area contributed by atoms with Gasteiger partial charge in [0.25, 0.3) is 5.56 Å². The Kier molecular flexibility index (Phi) is 3.43. The molecular formula is C14H18N2OS2. The summed E-state index contributed by atoms with van der Waals surface area (Å²) in [6, 6.07) is 0. The molecule has 0 atom stereocenters. The van der Waals surface area contributed by atoms with E-state index in [0.29, 0.717) is 5.25 Å². The number of fused-ring (bicyclic) bond motifs is 3. The van der Waals surface area contributed by atoms with E-state index in [9.17, 15) is 4.79 Å². The maximum absolute atomic E-state index is 12.6. The van der Waals surface area contributed by atoms with Crippen LogP contribution in [0.15, 0.2) is 9.95 Å². The third-order valence-electron chi connectivity index (χ3n) is 3.50. The Morgan fingerprint density at radius 1 is 1.32 bits per heavy atom. The van der Waals surface area contributed by atoms with E-state index in [1.165, 1.54) is 23.3 Å². The minimum atomic E-state index is 0.132. The van der Waals surface area contributed by atoms with Crippen LogP contribution in [0.25, 0.3) is 10.2 Å². The van der Waals surface area contributed by atoms with E-state index in [2.05, 4.69) is 13.8 Å². The Bertz CT molecular complexity index is 685. The van der Waals surface area contributed by atoms with Gasteiger partial charge in [0.2, 0.25) is 0 Å². The van der Waals surface area contributed by atoms with Crippen LogP contribution in [0, 0.1) is 0 Å². The maximum Gasteiger partial charge on any atom is 0.262 e. The number of rotatable bonds is 2. The predicted octanol–water partition coefficient (Wildman–Crippen LogP) is 3.37. The highest BCUT2D eigenvalue weighted by Gasteiger charge is 2.21. The van der Waals surface area contributed by atoms with Gasteiger partial charge in [-0.15, -0.1) is 11.3 Å². The van der Waals surface area contributed by atoms with E-state index < -0.39 is 0 Å². The summed E-state index contributed by atoms with van der Waals surface area (Å²) in [5, 5.41) is 2.16. The first kappa shape index (κ1) is 13.2. The Morgan fingerprint density at radius 2 is 2.05 bits per heavy atom. The zero-order valence-electron chi connectivity index (χ0n) is 11.5. The molecule has 0 unspecified atom stereocenters. The molecule has 1 aliphatic carbocycles. The van der Waals surface area contributed by atoms with Gasteiger partial charge in [-0.2, -0.15) is 0 Å². The van der Waals surface area contributed by atoms with E-state index in [-0.39, 0.29) is 5.56 Å². The third kappa shape index (κ3) is 2.23. The number of aromatic nitrogens is 2. The molecule has 0 aromatic carbocycles. The molecule has 5 heteroatoms. The lowest BCUT2D eigenvalue weighted by Gasteiger charge is -2.11. The number of nitrogens with zero attached hydrogens (tertiary/aromatic N) is 2. The molecule has 2 aromatic rings. The van der Waals surface area contributed by atoms with Crippen LogP contribution >= 0.6 is 23.1 Å². The summed E-state index contributed by atoms with van der Waals surface area (Å²) >= 11 is 3.38. The molecule has 3 rings (SSSR count). The van der Waals surface area contributed by atoms with Crippen molar-refractivity contribution in [1.29, 1.82) is 0 Å². The first-order chi connectivity index (χ1) is 9.08. The van der Waals surface area contributed by atoms with Crippen molar-refractivity contribution in [2.75, 3.05) is 0 Å². The van der Waals surface area contributed by atoms with Gasteiger partial charge in [-0.05, 0) is 31.2 Å². The fraction of sp³-hybridized carbons (Fsp3) is 0.571. The molecule has 0 N–H and O–H groups in total. The lowest BCUT2D eigenvalue weighted by molar-refractivity contribution is 0.695. The van der Waals surface area contributed by atoms with Gasteiger partial charge in [0, 0.05) is 17.2 Å². The molecular weight excluding hydrogens is 276 g/mol. The smallest absolute Gasteiger partial charge is 0.262 e. The average Bonchev–Trinajstić information content (AvgIpc) is 2.73. The van der Waals surface area contributed by atoms with Gasteiger partial charge in [0.15, 0.2) is 5.16 Å². The first-order valence-electron chi connectivity index (χ1n) is 6.76. The Labute approximate surface area is 121 Å². The van der Waals surface area contributed by atoms with Crippen molar-refractivity contribution in [2.24, 2.45) is 7.05 Å². The Morgan fingerprint density at radius 3 is 2.79 bits per heavy atom. The zero-order valence-corrected chi connectivity index (χ0v) is 13.2. The van der Waals surface area contributed by atoms with Crippen LogP contribution in [0.2, 0.25) is 0 Å². The van der Waals surface area contributed by atoms with Crippen molar-refractivity contribution < 1.29 is 0 Å². The second-order valence-corrected chi connectivity index (χ2v) is 7.94. The molecule has 19 heavy (non-hydrogen) atoms. The fourth-order valence-corrected chi connectivity index (χ4v) is 4.70. The number of aryl methyl sites for hydroxylation is 2. The van der Waals surface area contributed by atoms with E-state index in [4.69, 9.17) is 4.98 Å². The van der Waals surface area contributed by atoms with Gasteiger partial charge >= 0.3 is 0 Å². The molecule has 0 aliphatic heterocycles. The molecule has 0 spiro atoms. The SMILES string of the molecule is CC(C)Sc1nc2sc3c(c2c(=O)n1C)CCCC3. The highest BCUT2D eigenvalue weighted by Crippen LogP contribution is 2.34. The van der Waals surface area contributed by atoms with Gasteiger partial charge in [0.05, 0.1) is 5.39 Å². The topological polar surface area (TPSA) is 34.9 Å². The minimum Gasteiger partial charge on any atom is -0.290 e. The van der Waals surface area contributed by atoms with Crippen molar-refractivity contribution in [3.8, 4) is 0 Å². The molecule has 0 radical (unpaired) electrons. The first-order valence-corrected chi connectivity index (χ1v) is 8.45. The van der Waals surface area contributed by atoms with Gasteiger partial charge in [-0.25, -0.2) is 4.98 Å². The highest BCUT2D eigenvalue weighted by atomic mass is 32.2. The fourth-order valence-electron chi connectivity index (χ4n) is 2.58. The minimum absolute atomic E-state index is 0.132. The molecule has 0 saturated carbocycles. The summed E-state index contributed by atoms with van der Waals surface area (Å²) in [5.74, 6) is 0. The average molecular weight is 294 g/mol. The quantitative estimate of drug-likeness (QED) is 0.629. The van der Waals surface area contributed by atoms with Crippen LogP contribution in [-0.2, 0) is 19.9 Å². The molecule has 102 valence electrons. The third-order valence-corrected chi connectivity index (χ3v) is 5.73. The summed E-state index contributed by atoms with van der Waals surface area (Å²) in [7, 11) is 1.84. The Hall–Kier alpha value is -0.810. The van der Waals surface area contributed by atoms with Crippen molar-refractivity contribution in [3.63, 3.8) is 0 Å². The van der Waals surface area contributed by atoms with Crippen LogP contribution in [0.1, 0.15) is 37.1 Å². The van der Waals surface area contributed by atoms with Crippen molar-refractivity contribution in [2.45, 2.75) is 49.9 Å². The molecule has 0 fully saturated rings. The monoisotopic (exact) mass is 294 g/mol. The predicted molar refractivity (Wildman–Crippen MR) is 82.5 cm³/mol. The van der Waals surface area contributed by atoms with Crippen LogP contribution < -0.4 is 5.56 Å². The second-order valence-electron chi connectivity index (χ2n) is 5.32. The molecule has 2 heterocycles. The molecule has 1 aliphatic rings. The van der Waals surface area contributed by atoms with Crippen LogP contribution in [0.3, 0.4) is 0 Å². The number of thiophene rings is 1. The second kappa shape index (κ2) is 4.94.